The van der Waals surface area contributed by atoms with Gasteiger partial charge in [0.15, 0.2) is 0 Å². The minimum Gasteiger partial charge on any atom is -0.469 e. The molecule has 0 spiro atoms. The molecule has 0 aromatic carbocycles. The molecule has 5 heteroatoms. The molecular formula is C8H12O4S. The molecule has 1 aliphatic heterocycles. The van der Waals surface area contributed by atoms with Gasteiger partial charge in [-0.15, -0.1) is 0 Å². The maximum absolute atomic E-state index is 11.2. The van der Waals surface area contributed by atoms with Gasteiger partial charge < -0.3 is 9.47 Å². The van der Waals surface area contributed by atoms with E-state index >= 15 is 0 Å². The number of rotatable bonds is 2. The van der Waals surface area contributed by atoms with E-state index in [2.05, 4.69) is 4.74 Å². The molecule has 0 aromatic rings. The van der Waals surface area contributed by atoms with Gasteiger partial charge in [0.25, 0.3) is 0 Å². The van der Waals surface area contributed by atoms with Crippen molar-refractivity contribution < 1.29 is 19.1 Å². The Morgan fingerprint density at radius 1 is 1.38 bits per heavy atom. The number of hydrogen-bond acceptors (Lipinski definition) is 5. The predicted octanol–water partition coefficient (Wildman–Crippen LogP) is 0.454. The zero-order chi connectivity index (χ0) is 9.84. The van der Waals surface area contributed by atoms with Crippen LogP contribution in [0.2, 0.25) is 0 Å². The molecule has 1 rings (SSSR count). The molecule has 0 N–H and O–H groups in total. The van der Waals surface area contributed by atoms with Crippen molar-refractivity contribution >= 4 is 23.7 Å². The predicted molar refractivity (Wildman–Crippen MR) is 48.4 cm³/mol. The van der Waals surface area contributed by atoms with Gasteiger partial charge in [-0.2, -0.15) is 11.8 Å². The highest BCUT2D eigenvalue weighted by Gasteiger charge is 2.36. The van der Waals surface area contributed by atoms with Crippen molar-refractivity contribution in [3.8, 4) is 0 Å². The SMILES string of the molecule is COC(=O)[C@@H]1CSC[C@H]1OC(C)=O. The maximum Gasteiger partial charge on any atom is 0.313 e. The molecule has 0 radical (unpaired) electrons. The largest absolute Gasteiger partial charge is 0.469 e. The molecule has 1 heterocycles. The van der Waals surface area contributed by atoms with E-state index < -0.39 is 0 Å². The summed E-state index contributed by atoms with van der Waals surface area (Å²) in [7, 11) is 1.34. The van der Waals surface area contributed by atoms with Crippen molar-refractivity contribution in [1.82, 2.24) is 0 Å². The Balaban J connectivity index is 2.53. The Labute approximate surface area is 81.0 Å². The fourth-order valence-electron chi connectivity index (χ4n) is 1.24. The Morgan fingerprint density at radius 2 is 2.08 bits per heavy atom. The summed E-state index contributed by atoms with van der Waals surface area (Å²) in [6, 6.07) is 0. The lowest BCUT2D eigenvalue weighted by atomic mass is 10.1. The average molecular weight is 204 g/mol. The summed E-state index contributed by atoms with van der Waals surface area (Å²) in [6.07, 6.45) is -0.310. The highest BCUT2D eigenvalue weighted by Crippen LogP contribution is 2.27. The van der Waals surface area contributed by atoms with Crippen molar-refractivity contribution in [3.05, 3.63) is 0 Å². The molecule has 2 atom stereocenters. The number of carbonyl (C=O) groups excluding carboxylic acids is 2. The van der Waals surface area contributed by atoms with Crippen LogP contribution in [0.4, 0.5) is 0 Å². The topological polar surface area (TPSA) is 52.6 Å². The van der Waals surface area contributed by atoms with Crippen LogP contribution in [-0.4, -0.2) is 36.7 Å². The van der Waals surface area contributed by atoms with Crippen LogP contribution < -0.4 is 0 Å². The van der Waals surface area contributed by atoms with Gasteiger partial charge in [0.1, 0.15) is 12.0 Å². The first kappa shape index (κ1) is 10.4. The van der Waals surface area contributed by atoms with Crippen LogP contribution in [0.5, 0.6) is 0 Å². The summed E-state index contributed by atoms with van der Waals surface area (Å²) in [5, 5.41) is 0. The van der Waals surface area contributed by atoms with E-state index in [1.54, 1.807) is 11.8 Å². The normalized spacial score (nSPS) is 26.9. The summed E-state index contributed by atoms with van der Waals surface area (Å²) in [6.45, 7) is 1.34. The second kappa shape index (κ2) is 4.50. The lowest BCUT2D eigenvalue weighted by molar-refractivity contribution is -0.155. The van der Waals surface area contributed by atoms with Gasteiger partial charge in [0, 0.05) is 18.4 Å². The molecule has 4 nitrogen and oxygen atoms in total. The standard InChI is InChI=1S/C8H12O4S/c1-5(9)12-7-4-13-3-6(7)8(10)11-2/h6-7H,3-4H2,1-2H3/t6-,7-/m1/s1. The second-order valence-corrected chi connectivity index (χ2v) is 3.89. The van der Waals surface area contributed by atoms with E-state index in [1.807, 2.05) is 0 Å². The summed E-state index contributed by atoms with van der Waals surface area (Å²) >= 11 is 1.60. The van der Waals surface area contributed by atoms with Crippen molar-refractivity contribution in [2.45, 2.75) is 13.0 Å². The zero-order valence-corrected chi connectivity index (χ0v) is 8.43. The van der Waals surface area contributed by atoms with Gasteiger partial charge in [-0.3, -0.25) is 9.59 Å². The third kappa shape index (κ3) is 2.62. The van der Waals surface area contributed by atoms with Crippen molar-refractivity contribution in [2.24, 2.45) is 5.92 Å². The van der Waals surface area contributed by atoms with Crippen LogP contribution in [0.3, 0.4) is 0 Å². The van der Waals surface area contributed by atoms with E-state index in [1.165, 1.54) is 14.0 Å². The molecule has 1 fully saturated rings. The first-order valence-electron chi connectivity index (χ1n) is 3.98. The highest BCUT2D eigenvalue weighted by molar-refractivity contribution is 7.99. The third-order valence-corrected chi connectivity index (χ3v) is 3.01. The maximum atomic E-state index is 11.2. The molecule has 0 saturated carbocycles. The molecular weight excluding hydrogens is 192 g/mol. The van der Waals surface area contributed by atoms with E-state index in [0.29, 0.717) is 11.5 Å². The van der Waals surface area contributed by atoms with Crippen LogP contribution in [0.15, 0.2) is 0 Å². The van der Waals surface area contributed by atoms with Crippen LogP contribution in [0, 0.1) is 5.92 Å². The van der Waals surface area contributed by atoms with Crippen LogP contribution in [0.1, 0.15) is 6.92 Å². The Morgan fingerprint density at radius 3 is 2.62 bits per heavy atom. The lowest BCUT2D eigenvalue weighted by Gasteiger charge is -2.15. The third-order valence-electron chi connectivity index (χ3n) is 1.85. The van der Waals surface area contributed by atoms with Gasteiger partial charge in [-0.1, -0.05) is 0 Å². The second-order valence-electron chi connectivity index (χ2n) is 2.81. The van der Waals surface area contributed by atoms with E-state index in [9.17, 15) is 9.59 Å². The summed E-state index contributed by atoms with van der Waals surface area (Å²) < 4.78 is 9.59. The van der Waals surface area contributed by atoms with E-state index in [4.69, 9.17) is 4.74 Å². The summed E-state index contributed by atoms with van der Waals surface area (Å²) in [5.41, 5.74) is 0. The Kier molecular flexibility index (Phi) is 3.59. The fraction of sp³-hybridized carbons (Fsp3) is 0.750. The van der Waals surface area contributed by atoms with Crippen LogP contribution in [-0.2, 0) is 19.1 Å². The molecule has 1 aliphatic rings. The number of carbonyl (C=O) groups is 2. The fourth-order valence-corrected chi connectivity index (χ4v) is 2.51. The van der Waals surface area contributed by atoms with Gasteiger partial charge in [-0.25, -0.2) is 0 Å². The van der Waals surface area contributed by atoms with Gasteiger partial charge in [0.05, 0.1) is 7.11 Å². The first-order chi connectivity index (χ1) is 6.15. The quantitative estimate of drug-likeness (QED) is 0.611. The van der Waals surface area contributed by atoms with Crippen LogP contribution >= 0.6 is 11.8 Å². The molecule has 0 amide bonds. The lowest BCUT2D eigenvalue weighted by Crippen LogP contribution is -2.31. The summed E-state index contributed by atoms with van der Waals surface area (Å²) in [4.78, 5) is 21.9. The minimum atomic E-state index is -0.346. The van der Waals surface area contributed by atoms with E-state index in [0.717, 1.165) is 0 Å². The molecule has 13 heavy (non-hydrogen) atoms. The van der Waals surface area contributed by atoms with Gasteiger partial charge >= 0.3 is 11.9 Å². The van der Waals surface area contributed by atoms with Gasteiger partial charge in [-0.05, 0) is 0 Å². The van der Waals surface area contributed by atoms with Gasteiger partial charge in [0.2, 0.25) is 0 Å². The summed E-state index contributed by atoms with van der Waals surface area (Å²) in [5.74, 6) is 0.417. The highest BCUT2D eigenvalue weighted by atomic mass is 32.2. The van der Waals surface area contributed by atoms with Crippen LogP contribution in [0.25, 0.3) is 0 Å². The Hall–Kier alpha value is -0.710. The van der Waals surface area contributed by atoms with E-state index in [-0.39, 0.29) is 24.0 Å². The van der Waals surface area contributed by atoms with Crippen molar-refractivity contribution in [3.63, 3.8) is 0 Å². The number of hydrogen-bond donors (Lipinski definition) is 0. The number of ether oxygens (including phenoxy) is 2. The van der Waals surface area contributed by atoms with Crippen molar-refractivity contribution in [2.75, 3.05) is 18.6 Å². The zero-order valence-electron chi connectivity index (χ0n) is 7.61. The van der Waals surface area contributed by atoms with Crippen molar-refractivity contribution in [1.29, 1.82) is 0 Å². The molecule has 0 bridgehead atoms. The molecule has 0 aromatic heterocycles. The number of esters is 2. The first-order valence-corrected chi connectivity index (χ1v) is 5.13. The number of methoxy groups -OCH3 is 1. The number of thioether (sulfide) groups is 1. The minimum absolute atomic E-state index is 0.293. The monoisotopic (exact) mass is 204 g/mol. The molecule has 1 saturated heterocycles. The molecule has 0 unspecified atom stereocenters. The average Bonchev–Trinajstić information content (AvgIpc) is 2.50. The Bertz CT molecular complexity index is 216. The molecule has 0 aliphatic carbocycles. The smallest absolute Gasteiger partial charge is 0.313 e. The molecule has 74 valence electrons.